The lowest BCUT2D eigenvalue weighted by Crippen LogP contribution is -2.44. The summed E-state index contributed by atoms with van der Waals surface area (Å²) in [5.41, 5.74) is 7.45. The molecule has 5 heteroatoms. The molecule has 1 aromatic heterocycles. The largest absolute Gasteiger partial charge is 0.422 e. The summed E-state index contributed by atoms with van der Waals surface area (Å²) in [6.45, 7) is 11.4. The lowest BCUT2D eigenvalue weighted by atomic mass is 9.69. The Hall–Kier alpha value is -2.79. The van der Waals surface area contributed by atoms with Gasteiger partial charge in [-0.3, -0.25) is 4.99 Å². The summed E-state index contributed by atoms with van der Waals surface area (Å²) in [6, 6.07) is 12.8. The topological polar surface area (TPSA) is 45.8 Å². The average molecular weight is 483 g/mol. The van der Waals surface area contributed by atoms with Crippen molar-refractivity contribution in [3.63, 3.8) is 0 Å². The van der Waals surface area contributed by atoms with E-state index in [2.05, 4.69) is 81.1 Å². The van der Waals surface area contributed by atoms with Gasteiger partial charge in [0.2, 0.25) is 0 Å². The Labute approximate surface area is 210 Å². The Balaban J connectivity index is 1.43. The normalized spacial score (nSPS) is 25.1. The van der Waals surface area contributed by atoms with Crippen LogP contribution in [0.3, 0.4) is 0 Å². The van der Waals surface area contributed by atoms with Crippen molar-refractivity contribution in [2.24, 2.45) is 4.99 Å². The summed E-state index contributed by atoms with van der Waals surface area (Å²) in [7, 11) is 0. The lowest BCUT2D eigenvalue weighted by Gasteiger charge is -2.48. The predicted octanol–water partition coefficient (Wildman–Crippen LogP) is 6.59. The van der Waals surface area contributed by atoms with Crippen LogP contribution in [0.5, 0.6) is 0 Å². The Kier molecular flexibility index (Phi) is 4.38. The van der Waals surface area contributed by atoms with Crippen molar-refractivity contribution in [2.75, 3.05) is 18.0 Å². The molecule has 35 heavy (non-hydrogen) atoms. The molecule has 4 aliphatic rings. The molecule has 4 nitrogen and oxygen atoms in total. The van der Waals surface area contributed by atoms with E-state index in [0.717, 1.165) is 41.9 Å². The molecule has 2 aromatic carbocycles. The molecular formula is C30H30N2O2S. The number of anilines is 1. The molecule has 0 radical (unpaired) electrons. The van der Waals surface area contributed by atoms with Gasteiger partial charge in [0.05, 0.1) is 16.9 Å². The van der Waals surface area contributed by atoms with E-state index in [9.17, 15) is 4.79 Å². The first kappa shape index (κ1) is 21.5. The molecule has 0 bridgehead atoms. The summed E-state index contributed by atoms with van der Waals surface area (Å²) >= 11 is 1.68. The number of thioether (sulfide) groups is 1. The number of nitrogens with zero attached hydrogens (tertiary/aromatic N) is 2. The fourth-order valence-electron chi connectivity index (χ4n) is 6.38. The highest BCUT2D eigenvalue weighted by Crippen LogP contribution is 2.52. The van der Waals surface area contributed by atoms with E-state index in [1.54, 1.807) is 11.8 Å². The van der Waals surface area contributed by atoms with Crippen LogP contribution in [0.2, 0.25) is 0 Å². The molecule has 0 saturated carbocycles. The Bertz CT molecular complexity index is 1530. The first-order valence-corrected chi connectivity index (χ1v) is 13.5. The van der Waals surface area contributed by atoms with Crippen molar-refractivity contribution < 1.29 is 4.42 Å². The highest BCUT2D eigenvalue weighted by atomic mass is 32.2. The van der Waals surface area contributed by atoms with Gasteiger partial charge >= 0.3 is 5.63 Å². The summed E-state index contributed by atoms with van der Waals surface area (Å²) < 4.78 is 6.21. The first-order valence-electron chi connectivity index (χ1n) is 12.7. The third-order valence-electron chi connectivity index (χ3n) is 8.56. The van der Waals surface area contributed by atoms with Crippen molar-refractivity contribution >= 4 is 39.5 Å². The molecule has 0 fully saturated rings. The van der Waals surface area contributed by atoms with Gasteiger partial charge in [-0.1, -0.05) is 75.9 Å². The standard InChI is InChI=1S/C30H30N2O2S/c1-29(2)11-13-32-14-12-30(3,4)23-25(32)21(29)16-18-15-20(28(33)34-26(18)23)27-31-24-19-8-6-5-7-17(19)9-10-22(24)35-27/h5-10,15-16,22,24H,11-14H2,1-4H3. The van der Waals surface area contributed by atoms with Crippen molar-refractivity contribution in [1.82, 2.24) is 0 Å². The van der Waals surface area contributed by atoms with Gasteiger partial charge in [-0.2, -0.15) is 0 Å². The molecule has 0 N–H and O–H groups in total. The van der Waals surface area contributed by atoms with Crippen LogP contribution in [-0.4, -0.2) is 23.4 Å². The van der Waals surface area contributed by atoms with Gasteiger partial charge in [-0.15, -0.1) is 0 Å². The van der Waals surface area contributed by atoms with Crippen LogP contribution < -0.4 is 10.5 Å². The number of aliphatic imine (C=N–C) groups is 1. The maximum atomic E-state index is 13.5. The molecule has 178 valence electrons. The molecule has 7 rings (SSSR count). The second-order valence-corrected chi connectivity index (χ2v) is 12.9. The minimum absolute atomic E-state index is 0.0439. The Morgan fingerprint density at radius 1 is 1.06 bits per heavy atom. The van der Waals surface area contributed by atoms with Crippen LogP contribution in [0.25, 0.3) is 17.0 Å². The smallest absolute Gasteiger partial charge is 0.346 e. The van der Waals surface area contributed by atoms with Crippen LogP contribution in [0.15, 0.2) is 56.7 Å². The molecule has 0 saturated heterocycles. The first-order chi connectivity index (χ1) is 16.7. The third-order valence-corrected chi connectivity index (χ3v) is 9.79. The summed E-state index contributed by atoms with van der Waals surface area (Å²) in [5, 5.41) is 2.03. The zero-order valence-corrected chi connectivity index (χ0v) is 21.5. The molecule has 1 aliphatic carbocycles. The molecule has 4 heterocycles. The Morgan fingerprint density at radius 2 is 1.83 bits per heavy atom. The summed E-state index contributed by atoms with van der Waals surface area (Å²) in [6.07, 6.45) is 6.59. The number of benzene rings is 2. The van der Waals surface area contributed by atoms with Crippen LogP contribution in [0.1, 0.15) is 74.4 Å². The van der Waals surface area contributed by atoms with Crippen molar-refractivity contribution in [3.8, 4) is 0 Å². The Morgan fingerprint density at radius 3 is 2.66 bits per heavy atom. The van der Waals surface area contributed by atoms with Crippen molar-refractivity contribution in [3.05, 3.63) is 80.7 Å². The molecule has 3 aliphatic heterocycles. The summed E-state index contributed by atoms with van der Waals surface area (Å²) in [5.74, 6) is 0. The van der Waals surface area contributed by atoms with Crippen molar-refractivity contribution in [1.29, 1.82) is 0 Å². The molecule has 2 unspecified atom stereocenters. The second-order valence-electron chi connectivity index (χ2n) is 11.7. The van der Waals surface area contributed by atoms with Gasteiger partial charge < -0.3 is 9.32 Å². The van der Waals surface area contributed by atoms with E-state index < -0.39 is 0 Å². The maximum Gasteiger partial charge on any atom is 0.346 e. The van der Waals surface area contributed by atoms with E-state index in [1.165, 1.54) is 27.9 Å². The monoisotopic (exact) mass is 482 g/mol. The average Bonchev–Trinajstić information content (AvgIpc) is 3.26. The van der Waals surface area contributed by atoms with Gasteiger partial charge in [0.25, 0.3) is 0 Å². The van der Waals surface area contributed by atoms with Gasteiger partial charge in [0.15, 0.2) is 0 Å². The highest BCUT2D eigenvalue weighted by Gasteiger charge is 2.42. The number of fused-ring (bicyclic) bond motifs is 5. The van der Waals surface area contributed by atoms with Gasteiger partial charge in [0.1, 0.15) is 10.6 Å². The van der Waals surface area contributed by atoms with E-state index in [4.69, 9.17) is 9.41 Å². The lowest BCUT2D eigenvalue weighted by molar-refractivity contribution is 0.398. The zero-order chi connectivity index (χ0) is 24.1. The molecule has 3 aromatic rings. The third kappa shape index (κ3) is 3.07. The number of hydrogen-bond donors (Lipinski definition) is 0. The van der Waals surface area contributed by atoms with Crippen molar-refractivity contribution in [2.45, 2.75) is 62.7 Å². The maximum absolute atomic E-state index is 13.5. The molecule has 2 atom stereocenters. The number of rotatable bonds is 1. The number of hydrogen-bond acceptors (Lipinski definition) is 5. The van der Waals surface area contributed by atoms with Gasteiger partial charge in [0, 0.05) is 29.7 Å². The molecule has 0 spiro atoms. The van der Waals surface area contributed by atoms with E-state index in [0.29, 0.717) is 5.56 Å². The minimum Gasteiger partial charge on any atom is -0.422 e. The quantitative estimate of drug-likeness (QED) is 0.367. The summed E-state index contributed by atoms with van der Waals surface area (Å²) in [4.78, 5) is 21.0. The SMILES string of the molecule is CC1(C)CCN2CCC(C)(C)c3c2c1cc1cc(C2=NC4c5ccccc5C=CC4S2)c(=O)oc31. The zero-order valence-electron chi connectivity index (χ0n) is 20.7. The van der Waals surface area contributed by atoms with Crippen LogP contribution >= 0.6 is 11.8 Å². The highest BCUT2D eigenvalue weighted by molar-refractivity contribution is 8.15. The van der Waals surface area contributed by atoms with Crippen LogP contribution in [0, 0.1) is 0 Å². The van der Waals surface area contributed by atoms with Crippen LogP contribution in [-0.2, 0) is 10.8 Å². The fraction of sp³-hybridized carbons (Fsp3) is 0.400. The van der Waals surface area contributed by atoms with E-state index >= 15 is 0 Å². The van der Waals surface area contributed by atoms with E-state index in [-0.39, 0.29) is 27.7 Å². The van der Waals surface area contributed by atoms with Gasteiger partial charge in [-0.05, 0) is 52.5 Å². The second kappa shape index (κ2) is 7.13. The molecule has 0 amide bonds. The van der Waals surface area contributed by atoms with Crippen LogP contribution in [0.4, 0.5) is 5.69 Å². The van der Waals surface area contributed by atoms with E-state index in [1.807, 2.05) is 0 Å². The predicted molar refractivity (Wildman–Crippen MR) is 146 cm³/mol. The van der Waals surface area contributed by atoms with Gasteiger partial charge in [-0.25, -0.2) is 4.79 Å². The fourth-order valence-corrected chi connectivity index (χ4v) is 7.57. The minimum atomic E-state index is -0.279. The molecular weight excluding hydrogens is 452 g/mol.